The zero-order chi connectivity index (χ0) is 23.0. The van der Waals surface area contributed by atoms with E-state index >= 15 is 0 Å². The van der Waals surface area contributed by atoms with Crippen LogP contribution in [0, 0.1) is 0 Å². The topological polar surface area (TPSA) is 82.6 Å². The van der Waals surface area contributed by atoms with Crippen molar-refractivity contribution in [2.45, 2.75) is 43.9 Å². The summed E-state index contributed by atoms with van der Waals surface area (Å²) < 4.78 is 76.2. The molecule has 30 heavy (non-hydrogen) atoms. The van der Waals surface area contributed by atoms with Gasteiger partial charge >= 0.3 is 12.1 Å². The first kappa shape index (κ1) is 24.3. The molecule has 166 valence electrons. The molecule has 11 heteroatoms. The van der Waals surface area contributed by atoms with Crippen LogP contribution in [0.2, 0.25) is 25.7 Å². The maximum Gasteiger partial charge on any atom is 0.423 e. The van der Waals surface area contributed by atoms with Gasteiger partial charge in [-0.25, -0.2) is 8.98 Å². The third-order valence-corrected chi connectivity index (χ3v) is 6.93. The van der Waals surface area contributed by atoms with Crippen LogP contribution in [0.5, 0.6) is 0 Å². The minimum atomic E-state index is -5.01. The van der Waals surface area contributed by atoms with Crippen molar-refractivity contribution in [1.82, 2.24) is 4.98 Å². The molecule has 0 aliphatic carbocycles. The van der Waals surface area contributed by atoms with E-state index in [0.29, 0.717) is 6.26 Å². The highest BCUT2D eigenvalue weighted by atomic mass is 32.2. The molecule has 1 heterocycles. The van der Waals surface area contributed by atoms with E-state index in [4.69, 9.17) is 8.92 Å². The van der Waals surface area contributed by atoms with E-state index in [0.717, 1.165) is 12.1 Å². The van der Waals surface area contributed by atoms with Crippen molar-refractivity contribution in [1.29, 1.82) is 0 Å². The van der Waals surface area contributed by atoms with Crippen LogP contribution in [0.25, 0.3) is 10.9 Å². The van der Waals surface area contributed by atoms with Crippen LogP contribution < -0.4 is 0 Å². The zero-order valence-corrected chi connectivity index (χ0v) is 19.1. The first-order valence-corrected chi connectivity index (χ1v) is 14.6. The molecule has 0 aliphatic rings. The Morgan fingerprint density at radius 3 is 2.30 bits per heavy atom. The molecule has 0 saturated carbocycles. The molecule has 2 aromatic rings. The van der Waals surface area contributed by atoms with Crippen LogP contribution >= 0.6 is 0 Å². The van der Waals surface area contributed by atoms with Crippen LogP contribution in [0.1, 0.15) is 22.3 Å². The highest BCUT2D eigenvalue weighted by Gasteiger charge is 2.59. The van der Waals surface area contributed by atoms with Crippen molar-refractivity contribution < 1.29 is 35.3 Å². The van der Waals surface area contributed by atoms with Gasteiger partial charge in [0.2, 0.25) is 5.60 Å². The predicted octanol–water partition coefficient (Wildman–Crippen LogP) is 4.48. The van der Waals surface area contributed by atoms with Gasteiger partial charge in [0, 0.05) is 19.7 Å². The van der Waals surface area contributed by atoms with E-state index in [1.54, 1.807) is 0 Å². The van der Waals surface area contributed by atoms with Crippen molar-refractivity contribution in [3.8, 4) is 0 Å². The molecule has 0 fully saturated rings. The lowest BCUT2D eigenvalue weighted by atomic mass is 9.89. The van der Waals surface area contributed by atoms with E-state index in [-0.39, 0.29) is 28.1 Å². The maximum absolute atomic E-state index is 14.4. The van der Waals surface area contributed by atoms with Gasteiger partial charge in [-0.3, -0.25) is 4.98 Å². The van der Waals surface area contributed by atoms with Crippen molar-refractivity contribution in [3.05, 3.63) is 41.6 Å². The normalized spacial score (nSPS) is 15.1. The highest BCUT2D eigenvalue weighted by molar-refractivity contribution is 7.86. The minimum Gasteiger partial charge on any atom is -0.465 e. The van der Waals surface area contributed by atoms with Crippen LogP contribution in [0.3, 0.4) is 0 Å². The molecule has 6 nitrogen and oxygen atoms in total. The average molecular weight is 464 g/mol. The number of rotatable bonds is 7. The fraction of sp³-hybridized carbons (Fsp3) is 0.474. The Morgan fingerprint density at radius 2 is 1.80 bits per heavy atom. The van der Waals surface area contributed by atoms with E-state index < -0.39 is 42.4 Å². The fourth-order valence-electron chi connectivity index (χ4n) is 3.08. The van der Waals surface area contributed by atoms with Gasteiger partial charge in [0.15, 0.2) is 0 Å². The average Bonchev–Trinajstić information content (AvgIpc) is 2.61. The number of methoxy groups -OCH3 is 1. The zero-order valence-electron chi connectivity index (χ0n) is 17.3. The molecular formula is C19H24F3NO5SSi. The largest absolute Gasteiger partial charge is 0.465 e. The van der Waals surface area contributed by atoms with E-state index in [2.05, 4.69) is 4.98 Å². The maximum atomic E-state index is 14.4. The van der Waals surface area contributed by atoms with Gasteiger partial charge in [-0.2, -0.15) is 21.6 Å². The molecule has 1 aromatic heterocycles. The fourth-order valence-corrected chi connectivity index (χ4v) is 4.98. The summed E-state index contributed by atoms with van der Waals surface area (Å²) in [5, 5.41) is 0.286. The Balaban J connectivity index is 2.76. The molecule has 2 rings (SSSR count). The summed E-state index contributed by atoms with van der Waals surface area (Å²) >= 11 is 0. The Kier molecular flexibility index (Phi) is 6.70. The van der Waals surface area contributed by atoms with Crippen LogP contribution in [-0.4, -0.2) is 47.0 Å². The standard InChI is InChI=1S/C19H24F3NO5SSi/c1-27-17(24)15-8-10-23-16-12-13(6-7-14(15)16)18(19(20,21)22,28-29(2,25)26)9-11-30(3,4)5/h6-8,10,12H,9,11H2,1-5H3. The summed E-state index contributed by atoms with van der Waals surface area (Å²) in [6.45, 7) is 5.66. The Morgan fingerprint density at radius 1 is 1.17 bits per heavy atom. The number of carbonyl (C=O) groups excluding carboxylic acids is 1. The lowest BCUT2D eigenvalue weighted by molar-refractivity contribution is -0.254. The van der Waals surface area contributed by atoms with Gasteiger partial charge < -0.3 is 4.74 Å². The second-order valence-corrected chi connectivity index (χ2v) is 15.5. The number of hydrogen-bond donors (Lipinski definition) is 0. The molecule has 1 unspecified atom stereocenters. The van der Waals surface area contributed by atoms with Crippen molar-refractivity contribution in [3.63, 3.8) is 0 Å². The first-order valence-electron chi connectivity index (χ1n) is 9.04. The second-order valence-electron chi connectivity index (χ2n) is 8.25. The van der Waals surface area contributed by atoms with Crippen molar-refractivity contribution in [2.24, 2.45) is 0 Å². The second kappa shape index (κ2) is 8.27. The number of hydrogen-bond acceptors (Lipinski definition) is 6. The van der Waals surface area contributed by atoms with E-state index in [1.807, 2.05) is 19.6 Å². The SMILES string of the molecule is COC(=O)c1ccnc2cc(C(CC[Si](C)(C)C)(OS(C)(=O)=O)C(F)(F)F)ccc12. The summed E-state index contributed by atoms with van der Waals surface area (Å²) in [6.07, 6.45) is -3.70. The summed E-state index contributed by atoms with van der Waals surface area (Å²) in [4.78, 5) is 16.0. The van der Waals surface area contributed by atoms with Gasteiger partial charge in [-0.15, -0.1) is 0 Å². The third-order valence-electron chi connectivity index (χ3n) is 4.59. The number of carbonyl (C=O) groups is 1. The van der Waals surface area contributed by atoms with Crippen molar-refractivity contribution >= 4 is 35.1 Å². The van der Waals surface area contributed by atoms with Gasteiger partial charge in [0.25, 0.3) is 10.1 Å². The number of ether oxygens (including phenoxy) is 1. The number of nitrogens with zero attached hydrogens (tertiary/aromatic N) is 1. The lowest BCUT2D eigenvalue weighted by Gasteiger charge is -2.36. The molecule has 0 aliphatic heterocycles. The molecule has 0 amide bonds. The van der Waals surface area contributed by atoms with Crippen LogP contribution in [0.15, 0.2) is 30.5 Å². The number of pyridine rings is 1. The molecule has 1 atom stereocenters. The Bertz CT molecular complexity index is 1050. The number of alkyl halides is 3. The van der Waals surface area contributed by atoms with Gasteiger partial charge in [-0.1, -0.05) is 37.8 Å². The van der Waals surface area contributed by atoms with Gasteiger partial charge in [-0.05, 0) is 24.1 Å². The lowest BCUT2D eigenvalue weighted by Crippen LogP contribution is -2.47. The molecule has 0 radical (unpaired) electrons. The summed E-state index contributed by atoms with van der Waals surface area (Å²) in [5.41, 5.74) is -3.22. The first-order chi connectivity index (χ1) is 13.6. The molecule has 0 saturated heterocycles. The molecule has 0 N–H and O–H groups in total. The quantitative estimate of drug-likeness (QED) is 0.342. The summed E-state index contributed by atoms with van der Waals surface area (Å²) in [7, 11) is -5.26. The highest BCUT2D eigenvalue weighted by Crippen LogP contribution is 2.48. The number of aromatic nitrogens is 1. The van der Waals surface area contributed by atoms with Gasteiger partial charge in [0.1, 0.15) is 0 Å². The number of fused-ring (bicyclic) bond motifs is 1. The van der Waals surface area contributed by atoms with Crippen LogP contribution in [-0.2, 0) is 24.6 Å². The van der Waals surface area contributed by atoms with Crippen molar-refractivity contribution in [2.75, 3.05) is 13.4 Å². The number of benzene rings is 1. The summed E-state index contributed by atoms with van der Waals surface area (Å²) in [6, 6.07) is 5.10. The van der Waals surface area contributed by atoms with E-state index in [1.165, 1.54) is 25.4 Å². The number of esters is 1. The Labute approximate surface area is 174 Å². The predicted molar refractivity (Wildman–Crippen MR) is 110 cm³/mol. The van der Waals surface area contributed by atoms with Crippen LogP contribution in [0.4, 0.5) is 13.2 Å². The molecular weight excluding hydrogens is 439 g/mol. The Hall–Kier alpha value is -1.98. The molecule has 0 bridgehead atoms. The number of halogens is 3. The smallest absolute Gasteiger partial charge is 0.423 e. The van der Waals surface area contributed by atoms with Gasteiger partial charge in [0.05, 0.1) is 24.4 Å². The minimum absolute atomic E-state index is 0.0918. The molecule has 1 aromatic carbocycles. The molecule has 0 spiro atoms. The monoisotopic (exact) mass is 463 g/mol. The third kappa shape index (κ3) is 5.38. The summed E-state index contributed by atoms with van der Waals surface area (Å²) in [5.74, 6) is -0.664. The van der Waals surface area contributed by atoms with E-state index in [9.17, 15) is 26.4 Å².